The molecule has 2 heterocycles. The van der Waals surface area contributed by atoms with Gasteiger partial charge in [0, 0.05) is 23.0 Å². The van der Waals surface area contributed by atoms with Crippen LogP contribution in [0.15, 0.2) is 89.2 Å². The standard InChI is InChI=1S/C24H20ClN5O3/c25-17-7-8-18-19(14-17)28-24(33)22(27-18)21(20(31)9-6-15-4-2-1-3-5-15)29-30-23(32)16-10-12-26-13-11-16/h1-14,20,24,28,31,33H,(H,30,32)/b9-6-,29-21-. The first-order chi connectivity index (χ1) is 16.0. The normalized spacial score (nSPS) is 16.5. The summed E-state index contributed by atoms with van der Waals surface area (Å²) >= 11 is 6.02. The molecule has 0 spiro atoms. The Balaban J connectivity index is 1.68. The van der Waals surface area contributed by atoms with Gasteiger partial charge >= 0.3 is 0 Å². The first-order valence-electron chi connectivity index (χ1n) is 10.0. The first kappa shape index (κ1) is 22.3. The second-order valence-electron chi connectivity index (χ2n) is 7.09. The summed E-state index contributed by atoms with van der Waals surface area (Å²) in [5.74, 6) is -0.500. The van der Waals surface area contributed by atoms with Gasteiger partial charge in [-0.05, 0) is 42.0 Å². The van der Waals surface area contributed by atoms with E-state index in [1.165, 1.54) is 30.6 Å². The fourth-order valence-electron chi connectivity index (χ4n) is 3.14. The van der Waals surface area contributed by atoms with Gasteiger partial charge in [-0.15, -0.1) is 0 Å². The van der Waals surface area contributed by atoms with Crippen molar-refractivity contribution in [2.75, 3.05) is 5.32 Å². The van der Waals surface area contributed by atoms with Crippen molar-refractivity contribution in [2.24, 2.45) is 10.1 Å². The molecular weight excluding hydrogens is 442 g/mol. The van der Waals surface area contributed by atoms with Crippen LogP contribution in [0.1, 0.15) is 15.9 Å². The summed E-state index contributed by atoms with van der Waals surface area (Å²) in [6, 6.07) is 17.4. The fourth-order valence-corrected chi connectivity index (χ4v) is 3.31. The second-order valence-corrected chi connectivity index (χ2v) is 7.53. The molecule has 8 nitrogen and oxygen atoms in total. The average Bonchev–Trinajstić information content (AvgIpc) is 2.84. The van der Waals surface area contributed by atoms with Gasteiger partial charge in [0.15, 0.2) is 6.23 Å². The number of aliphatic hydroxyl groups is 2. The Morgan fingerprint density at radius 3 is 2.67 bits per heavy atom. The number of aliphatic imine (C=N–C) groups is 1. The van der Waals surface area contributed by atoms with Crippen LogP contribution in [-0.4, -0.2) is 44.9 Å². The Morgan fingerprint density at radius 2 is 1.91 bits per heavy atom. The first-order valence-corrected chi connectivity index (χ1v) is 10.4. The molecule has 2 unspecified atom stereocenters. The number of fused-ring (bicyclic) bond motifs is 1. The van der Waals surface area contributed by atoms with Gasteiger partial charge in [-0.1, -0.05) is 48.0 Å². The number of halogens is 1. The summed E-state index contributed by atoms with van der Waals surface area (Å²) in [7, 11) is 0. The van der Waals surface area contributed by atoms with E-state index in [0.29, 0.717) is 22.0 Å². The molecule has 0 fully saturated rings. The quantitative estimate of drug-likeness (QED) is 0.331. The lowest BCUT2D eigenvalue weighted by atomic mass is 10.0. The third kappa shape index (κ3) is 5.50. The number of nitrogens with one attached hydrogen (secondary N) is 2. The number of hydrazone groups is 1. The molecule has 0 bridgehead atoms. The highest BCUT2D eigenvalue weighted by Gasteiger charge is 2.28. The molecule has 9 heteroatoms. The van der Waals surface area contributed by atoms with Gasteiger partial charge < -0.3 is 15.5 Å². The zero-order valence-corrected chi connectivity index (χ0v) is 18.0. The van der Waals surface area contributed by atoms with Crippen molar-refractivity contribution in [3.63, 3.8) is 0 Å². The zero-order valence-electron chi connectivity index (χ0n) is 17.3. The summed E-state index contributed by atoms with van der Waals surface area (Å²) in [4.78, 5) is 20.8. The van der Waals surface area contributed by atoms with Gasteiger partial charge in [-0.3, -0.25) is 9.78 Å². The smallest absolute Gasteiger partial charge is 0.271 e. The predicted molar refractivity (Wildman–Crippen MR) is 129 cm³/mol. The van der Waals surface area contributed by atoms with Crippen LogP contribution in [0.2, 0.25) is 5.02 Å². The fraction of sp³-hybridized carbons (Fsp3) is 0.0833. The number of carbonyl (C=O) groups is 1. The highest BCUT2D eigenvalue weighted by atomic mass is 35.5. The van der Waals surface area contributed by atoms with Gasteiger partial charge in [-0.2, -0.15) is 5.10 Å². The topological polar surface area (TPSA) is 119 Å². The maximum Gasteiger partial charge on any atom is 0.271 e. The van der Waals surface area contributed by atoms with Gasteiger partial charge in [0.25, 0.3) is 5.91 Å². The molecule has 166 valence electrons. The summed E-state index contributed by atoms with van der Waals surface area (Å²) in [6.07, 6.45) is 3.62. The van der Waals surface area contributed by atoms with Crippen LogP contribution in [0.5, 0.6) is 0 Å². The number of aliphatic hydroxyl groups excluding tert-OH is 2. The molecule has 0 saturated carbocycles. The highest BCUT2D eigenvalue weighted by molar-refractivity contribution is 6.47. The Bertz CT molecular complexity index is 1230. The van der Waals surface area contributed by atoms with Crippen LogP contribution in [0.25, 0.3) is 6.08 Å². The number of carbonyl (C=O) groups excluding carboxylic acids is 1. The van der Waals surface area contributed by atoms with Crippen molar-refractivity contribution in [2.45, 2.75) is 12.3 Å². The Kier molecular flexibility index (Phi) is 6.89. The number of amides is 1. The van der Waals surface area contributed by atoms with E-state index in [1.54, 1.807) is 24.3 Å². The molecule has 2 atom stereocenters. The third-order valence-electron chi connectivity index (χ3n) is 4.78. The molecule has 0 radical (unpaired) electrons. The van der Waals surface area contributed by atoms with Gasteiger partial charge in [0.2, 0.25) is 0 Å². The van der Waals surface area contributed by atoms with E-state index in [4.69, 9.17) is 11.6 Å². The molecule has 1 aliphatic rings. The average molecular weight is 462 g/mol. The highest BCUT2D eigenvalue weighted by Crippen LogP contribution is 2.32. The summed E-state index contributed by atoms with van der Waals surface area (Å²) in [5, 5.41) is 29.0. The SMILES string of the molecule is O=C(N/N=C(\C1=Nc2ccc(Cl)cc2NC1O)C(O)/C=C\c1ccccc1)c1ccncc1. The summed E-state index contributed by atoms with van der Waals surface area (Å²) in [6.45, 7) is 0. The predicted octanol–water partition coefficient (Wildman–Crippen LogP) is 3.41. The van der Waals surface area contributed by atoms with E-state index in [2.05, 4.69) is 25.8 Å². The number of hydrogen-bond donors (Lipinski definition) is 4. The van der Waals surface area contributed by atoms with Gasteiger partial charge in [0.05, 0.1) is 11.4 Å². The molecular formula is C24H20ClN5O3. The van der Waals surface area contributed by atoms with E-state index in [1.807, 2.05) is 30.3 Å². The number of anilines is 1. The third-order valence-corrected chi connectivity index (χ3v) is 5.02. The molecule has 2 aromatic carbocycles. The number of hydrogen-bond acceptors (Lipinski definition) is 7. The van der Waals surface area contributed by atoms with Crippen LogP contribution >= 0.6 is 11.6 Å². The molecule has 1 aromatic heterocycles. The number of aromatic nitrogens is 1. The van der Waals surface area contributed by atoms with Crippen molar-refractivity contribution in [3.05, 3.63) is 95.3 Å². The summed E-state index contributed by atoms with van der Waals surface area (Å²) in [5.41, 5.74) is 4.70. The Morgan fingerprint density at radius 1 is 1.15 bits per heavy atom. The van der Waals surface area contributed by atoms with Crippen LogP contribution in [0, 0.1) is 0 Å². The van der Waals surface area contributed by atoms with Crippen molar-refractivity contribution in [3.8, 4) is 0 Å². The molecule has 1 aliphatic heterocycles. The molecule has 4 N–H and O–H groups in total. The number of nitrogens with zero attached hydrogens (tertiary/aromatic N) is 3. The number of rotatable bonds is 6. The van der Waals surface area contributed by atoms with E-state index in [9.17, 15) is 15.0 Å². The largest absolute Gasteiger partial charge is 0.383 e. The second kappa shape index (κ2) is 10.2. The molecule has 3 aromatic rings. The van der Waals surface area contributed by atoms with E-state index < -0.39 is 18.2 Å². The minimum Gasteiger partial charge on any atom is -0.383 e. The minimum atomic E-state index is -1.28. The Hall–Kier alpha value is -3.85. The lowest BCUT2D eigenvalue weighted by Gasteiger charge is -2.25. The molecule has 4 rings (SSSR count). The minimum absolute atomic E-state index is 0.0230. The van der Waals surface area contributed by atoms with E-state index in [-0.39, 0.29) is 11.4 Å². The van der Waals surface area contributed by atoms with Crippen molar-refractivity contribution in [1.29, 1.82) is 0 Å². The summed E-state index contributed by atoms with van der Waals surface area (Å²) < 4.78 is 0. The molecule has 1 amide bonds. The van der Waals surface area contributed by atoms with E-state index >= 15 is 0 Å². The molecule has 0 aliphatic carbocycles. The van der Waals surface area contributed by atoms with Crippen LogP contribution in [0.3, 0.4) is 0 Å². The zero-order chi connectivity index (χ0) is 23.2. The monoisotopic (exact) mass is 461 g/mol. The van der Waals surface area contributed by atoms with E-state index in [0.717, 1.165) is 5.56 Å². The Labute approximate surface area is 195 Å². The number of pyridine rings is 1. The lowest BCUT2D eigenvalue weighted by molar-refractivity contribution is 0.0954. The lowest BCUT2D eigenvalue weighted by Crippen LogP contribution is -2.42. The van der Waals surface area contributed by atoms with Gasteiger partial charge in [-0.25, -0.2) is 10.4 Å². The molecule has 33 heavy (non-hydrogen) atoms. The van der Waals surface area contributed by atoms with Crippen LogP contribution < -0.4 is 10.7 Å². The maximum absolute atomic E-state index is 12.5. The molecule has 0 saturated heterocycles. The van der Waals surface area contributed by atoms with Crippen LogP contribution in [0.4, 0.5) is 11.4 Å². The maximum atomic E-state index is 12.5. The number of benzene rings is 2. The van der Waals surface area contributed by atoms with Crippen LogP contribution in [-0.2, 0) is 0 Å². The van der Waals surface area contributed by atoms with Crippen molar-refractivity contribution < 1.29 is 15.0 Å². The van der Waals surface area contributed by atoms with Crippen molar-refractivity contribution >= 4 is 46.4 Å². The van der Waals surface area contributed by atoms with Gasteiger partial charge in [0.1, 0.15) is 17.5 Å². The van der Waals surface area contributed by atoms with Crippen molar-refractivity contribution in [1.82, 2.24) is 10.4 Å².